The molecule has 1 N–H and O–H groups in total. The highest BCUT2D eigenvalue weighted by Gasteiger charge is 2.12. The molecule has 0 radical (unpaired) electrons. The number of nitrogens with zero attached hydrogens (tertiary/aromatic N) is 1. The maximum atomic E-state index is 9.12. The molecule has 0 aliphatic rings. The molecule has 0 bridgehead atoms. The van der Waals surface area contributed by atoms with Gasteiger partial charge in [0.25, 0.3) is 0 Å². The largest absolute Gasteiger partial charge is 0.376 e. The van der Waals surface area contributed by atoms with E-state index in [1.54, 1.807) is 11.3 Å². The second-order valence-corrected chi connectivity index (χ2v) is 5.86. The van der Waals surface area contributed by atoms with Gasteiger partial charge < -0.3 is 5.32 Å². The number of rotatable bonds is 3. The Morgan fingerprint density at radius 3 is 2.72 bits per heavy atom. The van der Waals surface area contributed by atoms with E-state index in [2.05, 4.69) is 18.3 Å². The van der Waals surface area contributed by atoms with E-state index in [1.807, 2.05) is 37.3 Å². The summed E-state index contributed by atoms with van der Waals surface area (Å²) in [5.74, 6) is 0. The number of nitriles is 1. The molecule has 1 aromatic heterocycles. The van der Waals surface area contributed by atoms with Crippen LogP contribution in [0.1, 0.15) is 29.0 Å². The third kappa shape index (κ3) is 2.66. The topological polar surface area (TPSA) is 35.8 Å². The predicted molar refractivity (Wildman–Crippen MR) is 77.3 cm³/mol. The van der Waals surface area contributed by atoms with Gasteiger partial charge in [0.15, 0.2) is 0 Å². The van der Waals surface area contributed by atoms with Crippen LogP contribution in [0.2, 0.25) is 4.34 Å². The van der Waals surface area contributed by atoms with Crippen LogP contribution >= 0.6 is 22.9 Å². The van der Waals surface area contributed by atoms with Gasteiger partial charge in [0, 0.05) is 4.88 Å². The summed E-state index contributed by atoms with van der Waals surface area (Å²) in [6.45, 7) is 4.06. The number of thiophene rings is 1. The van der Waals surface area contributed by atoms with Gasteiger partial charge in [-0.2, -0.15) is 5.26 Å². The van der Waals surface area contributed by atoms with E-state index in [1.165, 1.54) is 0 Å². The van der Waals surface area contributed by atoms with Crippen LogP contribution in [0.15, 0.2) is 30.3 Å². The van der Waals surface area contributed by atoms with E-state index >= 15 is 0 Å². The van der Waals surface area contributed by atoms with Gasteiger partial charge in [-0.3, -0.25) is 0 Å². The van der Waals surface area contributed by atoms with Crippen molar-refractivity contribution in [1.29, 1.82) is 5.26 Å². The van der Waals surface area contributed by atoms with E-state index in [0.29, 0.717) is 5.56 Å². The lowest BCUT2D eigenvalue weighted by atomic mass is 10.1. The van der Waals surface area contributed by atoms with Crippen molar-refractivity contribution in [1.82, 2.24) is 0 Å². The van der Waals surface area contributed by atoms with Crippen molar-refractivity contribution in [2.45, 2.75) is 19.9 Å². The Labute approximate surface area is 116 Å². The van der Waals surface area contributed by atoms with Crippen LogP contribution in [0.25, 0.3) is 0 Å². The molecule has 0 saturated heterocycles. The number of aryl methyl sites for hydroxylation is 1. The fourth-order valence-corrected chi connectivity index (χ4v) is 2.86. The monoisotopic (exact) mass is 276 g/mol. The number of benzene rings is 1. The third-order valence-corrected chi connectivity index (χ3v) is 4.19. The van der Waals surface area contributed by atoms with Gasteiger partial charge >= 0.3 is 0 Å². The first kappa shape index (κ1) is 12.9. The smallest absolute Gasteiger partial charge is 0.101 e. The molecule has 1 atom stereocenters. The second kappa shape index (κ2) is 5.43. The zero-order chi connectivity index (χ0) is 13.1. The molecule has 2 rings (SSSR count). The predicted octanol–water partition coefficient (Wildman–Crippen LogP) is 4.75. The molecule has 2 nitrogen and oxygen atoms in total. The third-order valence-electron chi connectivity index (χ3n) is 2.77. The summed E-state index contributed by atoms with van der Waals surface area (Å²) >= 11 is 7.49. The van der Waals surface area contributed by atoms with Crippen LogP contribution in [0.5, 0.6) is 0 Å². The van der Waals surface area contributed by atoms with E-state index in [9.17, 15) is 0 Å². The molecule has 0 amide bonds. The molecule has 0 fully saturated rings. The van der Waals surface area contributed by atoms with Crippen molar-refractivity contribution in [3.63, 3.8) is 0 Å². The van der Waals surface area contributed by atoms with Gasteiger partial charge in [-0.25, -0.2) is 0 Å². The first-order valence-electron chi connectivity index (χ1n) is 5.63. The molecule has 0 aliphatic carbocycles. The van der Waals surface area contributed by atoms with Gasteiger partial charge in [0.2, 0.25) is 0 Å². The van der Waals surface area contributed by atoms with Crippen LogP contribution in [-0.4, -0.2) is 0 Å². The van der Waals surface area contributed by atoms with Crippen molar-refractivity contribution in [3.8, 4) is 6.07 Å². The van der Waals surface area contributed by atoms with Gasteiger partial charge in [-0.05, 0) is 37.6 Å². The molecule has 0 saturated carbocycles. The second-order valence-electron chi connectivity index (χ2n) is 4.12. The summed E-state index contributed by atoms with van der Waals surface area (Å²) in [6.07, 6.45) is 0. The Balaban J connectivity index is 2.27. The van der Waals surface area contributed by atoms with Crippen LogP contribution in [-0.2, 0) is 0 Å². The Bertz CT molecular complexity index is 598. The molecule has 18 heavy (non-hydrogen) atoms. The maximum absolute atomic E-state index is 9.12. The van der Waals surface area contributed by atoms with E-state index in [-0.39, 0.29) is 6.04 Å². The number of halogens is 1. The maximum Gasteiger partial charge on any atom is 0.101 e. The SMILES string of the molecule is Cc1cccc(C#N)c1NC(C)c1ccc(Cl)s1. The zero-order valence-electron chi connectivity index (χ0n) is 10.2. The fraction of sp³-hybridized carbons (Fsp3) is 0.214. The summed E-state index contributed by atoms with van der Waals surface area (Å²) in [5.41, 5.74) is 2.64. The van der Waals surface area contributed by atoms with E-state index in [4.69, 9.17) is 16.9 Å². The zero-order valence-corrected chi connectivity index (χ0v) is 11.8. The number of para-hydroxylation sites is 1. The molecule has 92 valence electrons. The van der Waals surface area contributed by atoms with Crippen LogP contribution in [0.3, 0.4) is 0 Å². The van der Waals surface area contributed by atoms with Gasteiger partial charge in [-0.1, -0.05) is 23.7 Å². The molecule has 1 unspecified atom stereocenters. The lowest BCUT2D eigenvalue weighted by Crippen LogP contribution is -2.07. The number of anilines is 1. The molecule has 2 aromatic rings. The van der Waals surface area contributed by atoms with Crippen LogP contribution in [0.4, 0.5) is 5.69 Å². The normalized spacial score (nSPS) is 11.9. The van der Waals surface area contributed by atoms with Crippen molar-refractivity contribution >= 4 is 28.6 Å². The van der Waals surface area contributed by atoms with Crippen molar-refractivity contribution in [2.75, 3.05) is 5.32 Å². The Hall–Kier alpha value is -1.50. The molecular weight excluding hydrogens is 264 g/mol. The van der Waals surface area contributed by atoms with Gasteiger partial charge in [0.1, 0.15) is 6.07 Å². The Morgan fingerprint density at radius 2 is 2.11 bits per heavy atom. The molecule has 0 spiro atoms. The highest BCUT2D eigenvalue weighted by Crippen LogP contribution is 2.30. The highest BCUT2D eigenvalue weighted by atomic mass is 35.5. The molecular formula is C14H13ClN2S. The minimum atomic E-state index is 0.135. The van der Waals surface area contributed by atoms with Gasteiger partial charge in [-0.15, -0.1) is 11.3 Å². The summed E-state index contributed by atoms with van der Waals surface area (Å²) < 4.78 is 0.781. The van der Waals surface area contributed by atoms with Crippen LogP contribution < -0.4 is 5.32 Å². The number of nitrogens with one attached hydrogen (secondary N) is 1. The highest BCUT2D eigenvalue weighted by molar-refractivity contribution is 7.16. The standard InChI is InChI=1S/C14H13ClN2S/c1-9-4-3-5-11(8-16)14(9)17-10(2)12-6-7-13(15)18-12/h3-7,10,17H,1-2H3. The first-order chi connectivity index (χ1) is 8.61. The lowest BCUT2D eigenvalue weighted by molar-refractivity contribution is 0.904. The number of hydrogen-bond donors (Lipinski definition) is 1. The van der Waals surface area contributed by atoms with E-state index in [0.717, 1.165) is 20.5 Å². The molecule has 1 aromatic carbocycles. The molecule has 4 heteroatoms. The van der Waals surface area contributed by atoms with Crippen molar-refractivity contribution < 1.29 is 0 Å². The Kier molecular flexibility index (Phi) is 3.90. The minimum absolute atomic E-state index is 0.135. The number of hydrogen-bond acceptors (Lipinski definition) is 3. The molecule has 0 aliphatic heterocycles. The molecule has 1 heterocycles. The van der Waals surface area contributed by atoms with E-state index < -0.39 is 0 Å². The van der Waals surface area contributed by atoms with Crippen LogP contribution in [0, 0.1) is 18.3 Å². The summed E-state index contributed by atoms with van der Waals surface area (Å²) in [4.78, 5) is 1.16. The minimum Gasteiger partial charge on any atom is -0.376 e. The lowest BCUT2D eigenvalue weighted by Gasteiger charge is -2.16. The average molecular weight is 277 g/mol. The summed E-state index contributed by atoms with van der Waals surface area (Å²) in [7, 11) is 0. The van der Waals surface area contributed by atoms with Crippen molar-refractivity contribution in [3.05, 3.63) is 50.7 Å². The summed E-state index contributed by atoms with van der Waals surface area (Å²) in [6, 6.07) is 12.0. The first-order valence-corrected chi connectivity index (χ1v) is 6.82. The fourth-order valence-electron chi connectivity index (χ4n) is 1.80. The Morgan fingerprint density at radius 1 is 1.33 bits per heavy atom. The van der Waals surface area contributed by atoms with Crippen molar-refractivity contribution in [2.24, 2.45) is 0 Å². The van der Waals surface area contributed by atoms with Gasteiger partial charge in [0.05, 0.1) is 21.6 Å². The average Bonchev–Trinajstić information content (AvgIpc) is 2.78. The quantitative estimate of drug-likeness (QED) is 0.878. The summed E-state index contributed by atoms with van der Waals surface area (Å²) in [5, 5.41) is 12.5.